The second kappa shape index (κ2) is 3.64. The number of rotatable bonds is 4. The molecular formula is C9H14N2OS. The van der Waals surface area contributed by atoms with E-state index >= 15 is 0 Å². The molecule has 1 aliphatic rings. The molecule has 1 fully saturated rings. The Morgan fingerprint density at radius 2 is 2.62 bits per heavy atom. The zero-order valence-electron chi connectivity index (χ0n) is 7.66. The van der Waals surface area contributed by atoms with Gasteiger partial charge in [0.05, 0.1) is 5.69 Å². The second-order valence-corrected chi connectivity index (χ2v) is 4.28. The average Bonchev–Trinajstić information content (AvgIpc) is 2.73. The Labute approximate surface area is 81.8 Å². The second-order valence-electron chi connectivity index (χ2n) is 3.43. The van der Waals surface area contributed by atoms with Gasteiger partial charge in [0.15, 0.2) is 5.13 Å². The molecule has 1 heterocycles. The van der Waals surface area contributed by atoms with Crippen LogP contribution >= 0.6 is 11.3 Å². The molecule has 0 aliphatic heterocycles. The lowest BCUT2D eigenvalue weighted by molar-refractivity contribution is 0.275. The summed E-state index contributed by atoms with van der Waals surface area (Å²) in [6, 6.07) is 0.459. The highest BCUT2D eigenvalue weighted by Gasteiger charge is 2.36. The molecular weight excluding hydrogens is 184 g/mol. The van der Waals surface area contributed by atoms with Crippen LogP contribution in [-0.2, 0) is 6.42 Å². The van der Waals surface area contributed by atoms with Crippen molar-refractivity contribution in [1.29, 1.82) is 0 Å². The third-order valence-electron chi connectivity index (χ3n) is 2.38. The van der Waals surface area contributed by atoms with Gasteiger partial charge in [0, 0.05) is 23.9 Å². The average molecular weight is 198 g/mol. The number of aromatic nitrogens is 1. The van der Waals surface area contributed by atoms with E-state index in [1.807, 2.05) is 0 Å². The number of aliphatic hydroxyl groups is 1. The minimum absolute atomic E-state index is 0.295. The highest BCUT2D eigenvalue weighted by Crippen LogP contribution is 2.33. The van der Waals surface area contributed by atoms with Crippen LogP contribution in [0.4, 0.5) is 5.13 Å². The van der Waals surface area contributed by atoms with Crippen molar-refractivity contribution >= 4 is 16.5 Å². The van der Waals surface area contributed by atoms with E-state index < -0.39 is 0 Å². The van der Waals surface area contributed by atoms with Crippen molar-refractivity contribution < 1.29 is 5.11 Å². The fraction of sp³-hybridized carbons (Fsp3) is 0.667. The molecule has 1 saturated carbocycles. The predicted molar refractivity (Wildman–Crippen MR) is 54.1 cm³/mol. The first-order valence-electron chi connectivity index (χ1n) is 4.65. The molecule has 2 N–H and O–H groups in total. The van der Waals surface area contributed by atoms with Crippen molar-refractivity contribution in [3.8, 4) is 0 Å². The van der Waals surface area contributed by atoms with Gasteiger partial charge in [-0.05, 0) is 12.8 Å². The molecule has 2 rings (SSSR count). The Hall–Kier alpha value is -0.610. The summed E-state index contributed by atoms with van der Waals surface area (Å²) in [5, 5.41) is 15.2. The maximum atomic E-state index is 8.85. The van der Waals surface area contributed by atoms with E-state index in [2.05, 4.69) is 22.6 Å². The van der Waals surface area contributed by atoms with Gasteiger partial charge in [-0.1, -0.05) is 6.92 Å². The Bertz CT molecular complexity index is 287. The van der Waals surface area contributed by atoms with Crippen molar-refractivity contribution in [2.45, 2.75) is 25.8 Å². The first-order valence-corrected chi connectivity index (χ1v) is 5.53. The van der Waals surface area contributed by atoms with E-state index in [0.29, 0.717) is 18.6 Å². The van der Waals surface area contributed by atoms with Crippen LogP contribution in [0, 0.1) is 5.92 Å². The summed E-state index contributed by atoms with van der Waals surface area (Å²) in [6.07, 6.45) is 2.07. The van der Waals surface area contributed by atoms with Crippen LogP contribution < -0.4 is 5.32 Å². The summed E-state index contributed by atoms with van der Waals surface area (Å²) in [5.41, 5.74) is 1.15. The first-order chi connectivity index (χ1) is 6.33. The molecule has 0 amide bonds. The zero-order valence-corrected chi connectivity index (χ0v) is 8.47. The minimum atomic E-state index is 0.295. The lowest BCUT2D eigenvalue weighted by atomic mass is 10.4. The SMILES string of the molecule is CCc1csc(NC2CC2CO)n1. The van der Waals surface area contributed by atoms with Crippen molar-refractivity contribution in [2.75, 3.05) is 11.9 Å². The van der Waals surface area contributed by atoms with Gasteiger partial charge in [-0.3, -0.25) is 0 Å². The van der Waals surface area contributed by atoms with Crippen LogP contribution in [0.5, 0.6) is 0 Å². The number of hydrogen-bond acceptors (Lipinski definition) is 4. The minimum Gasteiger partial charge on any atom is -0.396 e. The maximum Gasteiger partial charge on any atom is 0.183 e. The molecule has 2 atom stereocenters. The summed E-state index contributed by atoms with van der Waals surface area (Å²) in [6.45, 7) is 2.40. The number of aryl methyl sites for hydroxylation is 1. The predicted octanol–water partition coefficient (Wildman–Crippen LogP) is 1.50. The van der Waals surface area contributed by atoms with Crippen LogP contribution in [0.3, 0.4) is 0 Å². The van der Waals surface area contributed by atoms with Crippen LogP contribution in [0.25, 0.3) is 0 Å². The van der Waals surface area contributed by atoms with Crippen molar-refractivity contribution in [1.82, 2.24) is 4.98 Å². The van der Waals surface area contributed by atoms with Gasteiger partial charge < -0.3 is 10.4 Å². The molecule has 13 heavy (non-hydrogen) atoms. The van der Waals surface area contributed by atoms with E-state index in [0.717, 1.165) is 23.7 Å². The van der Waals surface area contributed by atoms with Crippen LogP contribution in [0.15, 0.2) is 5.38 Å². The standard InChI is InChI=1S/C9H14N2OS/c1-2-7-5-13-9(10-7)11-8-3-6(8)4-12/h5-6,8,12H,2-4H2,1H3,(H,10,11). The Kier molecular flexibility index (Phi) is 2.51. The zero-order chi connectivity index (χ0) is 9.26. The molecule has 0 bridgehead atoms. The highest BCUT2D eigenvalue weighted by atomic mass is 32.1. The molecule has 72 valence electrons. The molecule has 1 aliphatic carbocycles. The van der Waals surface area contributed by atoms with E-state index in [1.54, 1.807) is 11.3 Å². The number of hydrogen-bond donors (Lipinski definition) is 2. The van der Waals surface area contributed by atoms with E-state index in [9.17, 15) is 0 Å². The number of aliphatic hydroxyl groups excluding tert-OH is 1. The largest absolute Gasteiger partial charge is 0.396 e. The summed E-state index contributed by atoms with van der Waals surface area (Å²) in [5.74, 6) is 0.453. The van der Waals surface area contributed by atoms with Gasteiger partial charge >= 0.3 is 0 Å². The molecule has 4 heteroatoms. The molecule has 0 radical (unpaired) electrons. The topological polar surface area (TPSA) is 45.1 Å². The fourth-order valence-electron chi connectivity index (χ4n) is 1.32. The van der Waals surface area contributed by atoms with Gasteiger partial charge in [-0.15, -0.1) is 11.3 Å². The summed E-state index contributed by atoms with van der Waals surface area (Å²) >= 11 is 1.65. The fourth-order valence-corrected chi connectivity index (χ4v) is 2.18. The molecule has 0 aromatic carbocycles. The quantitative estimate of drug-likeness (QED) is 0.770. The summed E-state index contributed by atoms with van der Waals surface area (Å²) < 4.78 is 0. The van der Waals surface area contributed by atoms with Crippen molar-refractivity contribution in [3.63, 3.8) is 0 Å². The first kappa shape index (κ1) is 8.97. The van der Waals surface area contributed by atoms with E-state index in [-0.39, 0.29) is 0 Å². The van der Waals surface area contributed by atoms with Gasteiger partial charge in [0.25, 0.3) is 0 Å². The number of nitrogens with one attached hydrogen (secondary N) is 1. The monoisotopic (exact) mass is 198 g/mol. The summed E-state index contributed by atoms with van der Waals surface area (Å²) in [7, 11) is 0. The van der Waals surface area contributed by atoms with Gasteiger partial charge in [-0.25, -0.2) is 4.98 Å². The molecule has 3 nitrogen and oxygen atoms in total. The molecule has 2 unspecified atom stereocenters. The van der Waals surface area contributed by atoms with Crippen LogP contribution in [-0.4, -0.2) is 22.7 Å². The van der Waals surface area contributed by atoms with Gasteiger partial charge in [0.2, 0.25) is 0 Å². The van der Waals surface area contributed by atoms with Crippen LogP contribution in [0.1, 0.15) is 19.0 Å². The lowest BCUT2D eigenvalue weighted by Gasteiger charge is -1.98. The Balaban J connectivity index is 1.88. The number of nitrogens with zero attached hydrogens (tertiary/aromatic N) is 1. The maximum absolute atomic E-state index is 8.85. The highest BCUT2D eigenvalue weighted by molar-refractivity contribution is 7.13. The van der Waals surface area contributed by atoms with Gasteiger partial charge in [0.1, 0.15) is 0 Å². The summed E-state index contributed by atoms with van der Waals surface area (Å²) in [4.78, 5) is 4.40. The van der Waals surface area contributed by atoms with Crippen LogP contribution in [0.2, 0.25) is 0 Å². The number of anilines is 1. The molecule has 1 aromatic heterocycles. The third kappa shape index (κ3) is 2.00. The Morgan fingerprint density at radius 3 is 3.15 bits per heavy atom. The lowest BCUT2D eigenvalue weighted by Crippen LogP contribution is -2.05. The molecule has 1 aromatic rings. The third-order valence-corrected chi connectivity index (χ3v) is 3.20. The molecule has 0 spiro atoms. The van der Waals surface area contributed by atoms with E-state index in [4.69, 9.17) is 5.11 Å². The Morgan fingerprint density at radius 1 is 1.77 bits per heavy atom. The van der Waals surface area contributed by atoms with Crippen molar-refractivity contribution in [3.05, 3.63) is 11.1 Å². The molecule has 0 saturated heterocycles. The number of thiazole rings is 1. The van der Waals surface area contributed by atoms with Gasteiger partial charge in [-0.2, -0.15) is 0 Å². The smallest absolute Gasteiger partial charge is 0.183 e. The normalized spacial score (nSPS) is 26.0. The van der Waals surface area contributed by atoms with Crippen molar-refractivity contribution in [2.24, 2.45) is 5.92 Å². The van der Waals surface area contributed by atoms with E-state index in [1.165, 1.54) is 0 Å².